The largest absolute Gasteiger partial charge is 0.423 e. The SMILES string of the molecule is C[C@H](C[C@@H](F)Cn1ccc2cc(-c3ncccn3)c(F)cc2c1=O)Nc1cn[nH]c(=O)c1C(F)(F)F. The molecule has 0 unspecified atom stereocenters. The zero-order valence-electron chi connectivity index (χ0n) is 18.7. The van der Waals surface area contributed by atoms with Crippen LogP contribution < -0.4 is 16.4 Å². The minimum Gasteiger partial charge on any atom is -0.381 e. The molecule has 0 aliphatic rings. The molecule has 0 aliphatic carbocycles. The lowest BCUT2D eigenvalue weighted by Gasteiger charge is -2.20. The van der Waals surface area contributed by atoms with E-state index in [1.807, 2.05) is 0 Å². The van der Waals surface area contributed by atoms with Crippen molar-refractivity contribution < 1.29 is 22.0 Å². The third-order valence-electron chi connectivity index (χ3n) is 5.42. The Morgan fingerprint density at radius 3 is 2.58 bits per heavy atom. The lowest BCUT2D eigenvalue weighted by Crippen LogP contribution is -2.30. The van der Waals surface area contributed by atoms with E-state index >= 15 is 0 Å². The van der Waals surface area contributed by atoms with E-state index in [0.29, 0.717) is 5.39 Å². The Balaban J connectivity index is 1.51. The van der Waals surface area contributed by atoms with Gasteiger partial charge in [-0.25, -0.2) is 23.8 Å². The molecule has 2 N–H and O–H groups in total. The van der Waals surface area contributed by atoms with Crippen molar-refractivity contribution >= 4 is 16.5 Å². The second kappa shape index (κ2) is 9.84. The number of nitrogens with zero attached hydrogens (tertiary/aromatic N) is 4. The Morgan fingerprint density at radius 1 is 1.17 bits per heavy atom. The summed E-state index contributed by atoms with van der Waals surface area (Å²) in [7, 11) is 0. The standard InChI is InChI=1S/C23H19F5N6O2/c1-12(32-18-10-31-33-21(35)19(18)23(26,27)28)7-14(24)11-34-6-3-13-8-16(20-29-4-2-5-30-20)17(25)9-15(13)22(34)36/h2-6,8-10,12,14H,7,11H2,1H3,(H2,32,33,35)/t12-,14-/m1/s1. The summed E-state index contributed by atoms with van der Waals surface area (Å²) >= 11 is 0. The molecule has 13 heteroatoms. The maximum Gasteiger partial charge on any atom is 0.423 e. The van der Waals surface area contributed by atoms with Crippen molar-refractivity contribution in [1.82, 2.24) is 24.7 Å². The Morgan fingerprint density at radius 2 is 1.89 bits per heavy atom. The fourth-order valence-corrected chi connectivity index (χ4v) is 3.84. The van der Waals surface area contributed by atoms with E-state index in [2.05, 4.69) is 20.4 Å². The number of hydrogen-bond donors (Lipinski definition) is 2. The third kappa shape index (κ3) is 5.24. The molecule has 0 spiro atoms. The van der Waals surface area contributed by atoms with Gasteiger partial charge in [0, 0.05) is 31.1 Å². The Labute approximate surface area is 199 Å². The summed E-state index contributed by atoms with van der Waals surface area (Å²) in [6.07, 6.45) is -1.80. The van der Waals surface area contributed by atoms with Crippen LogP contribution in [0.2, 0.25) is 0 Å². The number of fused-ring (bicyclic) bond motifs is 1. The molecule has 4 rings (SSSR count). The molecular weight excluding hydrogens is 487 g/mol. The van der Waals surface area contributed by atoms with Gasteiger partial charge in [-0.05, 0) is 36.6 Å². The molecule has 0 radical (unpaired) electrons. The van der Waals surface area contributed by atoms with Crippen LogP contribution in [0.5, 0.6) is 0 Å². The zero-order chi connectivity index (χ0) is 26.0. The molecule has 2 atom stereocenters. The van der Waals surface area contributed by atoms with Gasteiger partial charge in [0.25, 0.3) is 11.1 Å². The molecule has 188 valence electrons. The van der Waals surface area contributed by atoms with Crippen LogP contribution in [-0.2, 0) is 12.7 Å². The minimum absolute atomic E-state index is 0.0254. The topological polar surface area (TPSA) is 106 Å². The highest BCUT2D eigenvalue weighted by Crippen LogP contribution is 2.32. The summed E-state index contributed by atoms with van der Waals surface area (Å²) in [6.45, 7) is 1.02. The van der Waals surface area contributed by atoms with Gasteiger partial charge in [0.2, 0.25) is 0 Å². The predicted octanol–water partition coefficient (Wildman–Crippen LogP) is 3.93. The van der Waals surface area contributed by atoms with Gasteiger partial charge in [0.05, 0.1) is 29.4 Å². The molecule has 0 saturated carbocycles. The summed E-state index contributed by atoms with van der Waals surface area (Å²) in [5.74, 6) is -0.569. The van der Waals surface area contributed by atoms with Crippen LogP contribution in [-0.4, -0.2) is 36.9 Å². The molecule has 36 heavy (non-hydrogen) atoms. The number of aromatic amines is 1. The smallest absolute Gasteiger partial charge is 0.381 e. The van der Waals surface area contributed by atoms with Crippen LogP contribution in [0.3, 0.4) is 0 Å². The average molecular weight is 506 g/mol. The van der Waals surface area contributed by atoms with E-state index in [9.17, 15) is 31.5 Å². The molecule has 1 aromatic carbocycles. The quantitative estimate of drug-likeness (QED) is 0.368. The van der Waals surface area contributed by atoms with Crippen molar-refractivity contribution in [3.05, 3.63) is 81.1 Å². The van der Waals surface area contributed by atoms with Crippen molar-refractivity contribution in [2.24, 2.45) is 0 Å². The summed E-state index contributed by atoms with van der Waals surface area (Å²) < 4.78 is 70.1. The van der Waals surface area contributed by atoms with Gasteiger partial charge < -0.3 is 9.88 Å². The molecule has 4 aromatic rings. The van der Waals surface area contributed by atoms with Crippen molar-refractivity contribution in [1.29, 1.82) is 0 Å². The van der Waals surface area contributed by atoms with Crippen LogP contribution in [0, 0.1) is 5.82 Å². The van der Waals surface area contributed by atoms with Gasteiger partial charge in [0.15, 0.2) is 5.82 Å². The second-order valence-electron chi connectivity index (χ2n) is 8.13. The number of benzene rings is 1. The maximum atomic E-state index is 14.8. The normalized spacial score (nSPS) is 13.5. The molecule has 8 nitrogen and oxygen atoms in total. The van der Waals surface area contributed by atoms with Crippen LogP contribution in [0.4, 0.5) is 27.6 Å². The highest BCUT2D eigenvalue weighted by Gasteiger charge is 2.37. The molecular formula is C23H19F5N6O2. The number of hydrogen-bond acceptors (Lipinski definition) is 6. The van der Waals surface area contributed by atoms with Gasteiger partial charge in [-0.2, -0.15) is 18.3 Å². The highest BCUT2D eigenvalue weighted by atomic mass is 19.4. The Hall–Kier alpha value is -4.16. The molecule has 0 bridgehead atoms. The van der Waals surface area contributed by atoms with Gasteiger partial charge >= 0.3 is 6.18 Å². The van der Waals surface area contributed by atoms with E-state index < -0.39 is 53.1 Å². The molecule has 3 aromatic heterocycles. The van der Waals surface area contributed by atoms with Crippen molar-refractivity contribution in [2.45, 2.75) is 38.3 Å². The van der Waals surface area contributed by atoms with Crippen molar-refractivity contribution in [2.75, 3.05) is 5.32 Å². The Bertz CT molecular complexity index is 1500. The van der Waals surface area contributed by atoms with Gasteiger partial charge in [-0.15, -0.1) is 0 Å². The summed E-state index contributed by atoms with van der Waals surface area (Å²) in [4.78, 5) is 32.4. The van der Waals surface area contributed by atoms with E-state index in [1.165, 1.54) is 37.6 Å². The maximum absolute atomic E-state index is 14.8. The first-order valence-electron chi connectivity index (χ1n) is 10.7. The molecule has 0 saturated heterocycles. The van der Waals surface area contributed by atoms with Crippen molar-refractivity contribution in [3.63, 3.8) is 0 Å². The van der Waals surface area contributed by atoms with Crippen LogP contribution in [0.15, 0.2) is 58.6 Å². The number of H-pyrrole nitrogens is 1. The number of rotatable bonds is 7. The number of alkyl halides is 4. The van der Waals surface area contributed by atoms with Crippen LogP contribution >= 0.6 is 0 Å². The summed E-state index contributed by atoms with van der Waals surface area (Å²) in [6, 6.07) is 4.73. The molecule has 0 aliphatic heterocycles. The summed E-state index contributed by atoms with van der Waals surface area (Å²) in [5, 5.41) is 7.96. The van der Waals surface area contributed by atoms with E-state index in [1.54, 1.807) is 11.2 Å². The lowest BCUT2D eigenvalue weighted by molar-refractivity contribution is -0.138. The third-order valence-corrected chi connectivity index (χ3v) is 5.42. The fraction of sp³-hybridized carbons (Fsp3) is 0.261. The first kappa shape index (κ1) is 24.9. The Kier molecular flexibility index (Phi) is 6.82. The molecule has 0 fully saturated rings. The fourth-order valence-electron chi connectivity index (χ4n) is 3.84. The first-order valence-corrected chi connectivity index (χ1v) is 10.7. The van der Waals surface area contributed by atoms with Gasteiger partial charge in [-0.1, -0.05) is 0 Å². The van der Waals surface area contributed by atoms with Gasteiger partial charge in [-0.3, -0.25) is 9.59 Å². The van der Waals surface area contributed by atoms with Crippen molar-refractivity contribution in [3.8, 4) is 11.4 Å². The van der Waals surface area contributed by atoms with E-state index in [4.69, 9.17) is 0 Å². The average Bonchev–Trinajstić information content (AvgIpc) is 2.80. The number of aromatic nitrogens is 5. The lowest BCUT2D eigenvalue weighted by atomic mass is 10.1. The van der Waals surface area contributed by atoms with Crippen LogP contribution in [0.25, 0.3) is 22.2 Å². The second-order valence-corrected chi connectivity index (χ2v) is 8.13. The number of pyridine rings is 1. The van der Waals surface area contributed by atoms with Crippen LogP contribution in [0.1, 0.15) is 18.9 Å². The molecule has 3 heterocycles. The number of halogens is 5. The van der Waals surface area contributed by atoms with E-state index in [-0.39, 0.29) is 23.2 Å². The number of nitrogens with one attached hydrogen (secondary N) is 2. The highest BCUT2D eigenvalue weighted by molar-refractivity contribution is 5.85. The zero-order valence-corrected chi connectivity index (χ0v) is 18.7. The minimum atomic E-state index is -4.94. The molecule has 0 amide bonds. The summed E-state index contributed by atoms with van der Waals surface area (Å²) in [5.41, 5.74) is -3.99. The predicted molar refractivity (Wildman–Crippen MR) is 122 cm³/mol. The number of anilines is 1. The monoisotopic (exact) mass is 506 g/mol. The van der Waals surface area contributed by atoms with E-state index in [0.717, 1.165) is 16.8 Å². The van der Waals surface area contributed by atoms with Gasteiger partial charge in [0.1, 0.15) is 17.6 Å². The first-order chi connectivity index (χ1) is 17.0.